The molecule has 1 atom stereocenters. The zero-order chi connectivity index (χ0) is 17.3. The van der Waals surface area contributed by atoms with Gasteiger partial charge in [0, 0.05) is 12.1 Å². The molecule has 1 fully saturated rings. The largest absolute Gasteiger partial charge is 0.466 e. The first-order valence-electron chi connectivity index (χ1n) is 7.40. The van der Waals surface area contributed by atoms with Crippen LogP contribution in [0.25, 0.3) is 0 Å². The van der Waals surface area contributed by atoms with Gasteiger partial charge in [-0.15, -0.1) is 0 Å². The molecule has 0 bridgehead atoms. The Kier molecular flexibility index (Phi) is 4.29. The van der Waals surface area contributed by atoms with Crippen LogP contribution in [-0.2, 0) is 5.60 Å². The molecule has 8 heteroatoms. The molecule has 1 aliphatic rings. The molecule has 7 nitrogen and oxygen atoms in total. The first-order valence-corrected chi connectivity index (χ1v) is 7.78. The number of carbonyl (C=O) groups excluding carboxylic acids is 1. The van der Waals surface area contributed by atoms with Crippen LogP contribution in [0.3, 0.4) is 0 Å². The van der Waals surface area contributed by atoms with Crippen molar-refractivity contribution in [2.75, 3.05) is 6.54 Å². The average molecular weight is 351 g/mol. The lowest BCUT2D eigenvalue weighted by Crippen LogP contribution is -2.42. The maximum Gasteiger partial charge on any atom is 0.270 e. The minimum Gasteiger partial charge on any atom is -0.466 e. The van der Waals surface area contributed by atoms with E-state index in [1.165, 1.54) is 18.4 Å². The van der Waals surface area contributed by atoms with Crippen LogP contribution in [-0.4, -0.2) is 22.5 Å². The summed E-state index contributed by atoms with van der Waals surface area (Å²) in [6.45, 7) is -0.0664. The van der Waals surface area contributed by atoms with Crippen LogP contribution in [0.2, 0.25) is 5.02 Å². The number of nitro benzene ring substituents is 1. The van der Waals surface area contributed by atoms with Gasteiger partial charge < -0.3 is 14.8 Å². The van der Waals surface area contributed by atoms with E-state index < -0.39 is 16.4 Å². The van der Waals surface area contributed by atoms with Gasteiger partial charge in [0.2, 0.25) is 0 Å². The van der Waals surface area contributed by atoms with E-state index in [1.807, 2.05) is 0 Å². The molecule has 24 heavy (non-hydrogen) atoms. The summed E-state index contributed by atoms with van der Waals surface area (Å²) in [7, 11) is 0. The highest BCUT2D eigenvalue weighted by Crippen LogP contribution is 2.45. The van der Waals surface area contributed by atoms with Crippen molar-refractivity contribution in [3.8, 4) is 0 Å². The van der Waals surface area contributed by atoms with E-state index in [0.717, 1.165) is 18.9 Å². The van der Waals surface area contributed by atoms with E-state index in [4.69, 9.17) is 16.0 Å². The molecule has 126 valence electrons. The molecular formula is C16H15ClN2O5. The van der Waals surface area contributed by atoms with Crippen molar-refractivity contribution in [2.24, 2.45) is 5.92 Å². The molecule has 0 saturated heterocycles. The highest BCUT2D eigenvalue weighted by atomic mass is 35.5. The number of hydrogen-bond acceptors (Lipinski definition) is 5. The van der Waals surface area contributed by atoms with Gasteiger partial charge in [0.05, 0.1) is 28.3 Å². The number of amides is 1. The molecule has 1 amide bonds. The van der Waals surface area contributed by atoms with Crippen molar-refractivity contribution >= 4 is 23.2 Å². The minimum atomic E-state index is -1.30. The third-order valence-electron chi connectivity index (χ3n) is 4.12. The second-order valence-electron chi connectivity index (χ2n) is 5.78. The van der Waals surface area contributed by atoms with Crippen molar-refractivity contribution in [1.29, 1.82) is 0 Å². The van der Waals surface area contributed by atoms with Crippen LogP contribution in [0.1, 0.15) is 29.0 Å². The van der Waals surface area contributed by atoms with Crippen LogP contribution >= 0.6 is 11.6 Å². The van der Waals surface area contributed by atoms with E-state index in [-0.39, 0.29) is 28.7 Å². The van der Waals surface area contributed by atoms with Gasteiger partial charge in [-0.3, -0.25) is 14.9 Å². The molecule has 1 aromatic heterocycles. The van der Waals surface area contributed by atoms with Crippen LogP contribution in [0, 0.1) is 16.0 Å². The van der Waals surface area contributed by atoms with Gasteiger partial charge in [-0.25, -0.2) is 0 Å². The first kappa shape index (κ1) is 16.5. The van der Waals surface area contributed by atoms with E-state index in [1.54, 1.807) is 12.1 Å². The SMILES string of the molecule is O=C(NCC(O)(c1ccco1)C1CC1)c1cc([N+](=O)[O-])ccc1Cl. The second-order valence-corrected chi connectivity index (χ2v) is 6.19. The molecule has 1 aliphatic carbocycles. The Balaban J connectivity index is 1.77. The minimum absolute atomic E-state index is 0.00420. The first-order chi connectivity index (χ1) is 11.4. The van der Waals surface area contributed by atoms with Crippen molar-refractivity contribution in [3.63, 3.8) is 0 Å². The Morgan fingerprint density at radius 2 is 2.21 bits per heavy atom. The topological polar surface area (TPSA) is 106 Å². The van der Waals surface area contributed by atoms with Crippen molar-refractivity contribution in [3.05, 3.63) is 63.1 Å². The van der Waals surface area contributed by atoms with Gasteiger partial charge in [0.1, 0.15) is 11.4 Å². The number of hydrogen-bond donors (Lipinski definition) is 2. The molecule has 2 aromatic rings. The molecule has 0 radical (unpaired) electrons. The molecule has 0 aliphatic heterocycles. The Bertz CT molecular complexity index is 773. The fraction of sp³-hybridized carbons (Fsp3) is 0.312. The number of furan rings is 1. The average Bonchev–Trinajstić information content (AvgIpc) is 3.27. The normalized spacial score (nSPS) is 16.4. The molecule has 2 N–H and O–H groups in total. The fourth-order valence-corrected chi connectivity index (χ4v) is 2.83. The number of aliphatic hydroxyl groups is 1. The van der Waals surface area contributed by atoms with Gasteiger partial charge in [-0.05, 0) is 37.0 Å². The number of carbonyl (C=O) groups is 1. The quantitative estimate of drug-likeness (QED) is 0.615. The summed E-state index contributed by atoms with van der Waals surface area (Å²) in [6.07, 6.45) is 3.14. The Labute approximate surface area is 142 Å². The predicted octanol–water partition coefficient (Wildman–Crippen LogP) is 2.87. The van der Waals surface area contributed by atoms with Crippen LogP contribution in [0.4, 0.5) is 5.69 Å². The summed E-state index contributed by atoms with van der Waals surface area (Å²) in [5, 5.41) is 24.4. The number of non-ortho nitro benzene ring substituents is 1. The molecule has 1 saturated carbocycles. The number of nitrogens with zero attached hydrogens (tertiary/aromatic N) is 1. The monoisotopic (exact) mass is 350 g/mol. The number of nitrogens with one attached hydrogen (secondary N) is 1. The van der Waals surface area contributed by atoms with E-state index in [9.17, 15) is 20.0 Å². The zero-order valence-corrected chi connectivity index (χ0v) is 13.3. The Hall–Kier alpha value is -2.38. The van der Waals surface area contributed by atoms with Crippen molar-refractivity contribution in [1.82, 2.24) is 5.32 Å². The number of nitro groups is 1. The van der Waals surface area contributed by atoms with Crippen LogP contribution in [0.15, 0.2) is 41.0 Å². The standard InChI is InChI=1S/C16H15ClN2O5/c17-13-6-5-11(19(22)23)8-12(13)15(20)18-9-16(21,10-3-4-10)14-2-1-7-24-14/h1-2,5-8,10,21H,3-4,9H2,(H,18,20). The van der Waals surface area contributed by atoms with Gasteiger partial charge in [0.25, 0.3) is 11.6 Å². The summed E-state index contributed by atoms with van der Waals surface area (Å²) >= 11 is 5.96. The van der Waals surface area contributed by atoms with Crippen LogP contribution in [0.5, 0.6) is 0 Å². The Morgan fingerprint density at radius 3 is 2.79 bits per heavy atom. The van der Waals surface area contributed by atoms with E-state index in [0.29, 0.717) is 5.76 Å². The van der Waals surface area contributed by atoms with Gasteiger partial charge in [-0.2, -0.15) is 0 Å². The summed E-state index contributed by atoms with van der Waals surface area (Å²) < 4.78 is 5.30. The lowest BCUT2D eigenvalue weighted by Gasteiger charge is -2.26. The summed E-state index contributed by atoms with van der Waals surface area (Å²) in [5.41, 5.74) is -1.54. The highest BCUT2D eigenvalue weighted by molar-refractivity contribution is 6.33. The third kappa shape index (κ3) is 3.13. The number of rotatable bonds is 6. The second kappa shape index (κ2) is 6.26. The van der Waals surface area contributed by atoms with Gasteiger partial charge in [-0.1, -0.05) is 11.6 Å². The fourth-order valence-electron chi connectivity index (χ4n) is 2.63. The lowest BCUT2D eigenvalue weighted by molar-refractivity contribution is -0.384. The zero-order valence-electron chi connectivity index (χ0n) is 12.6. The Morgan fingerprint density at radius 1 is 1.46 bits per heavy atom. The third-order valence-corrected chi connectivity index (χ3v) is 4.45. The maximum atomic E-state index is 12.3. The smallest absolute Gasteiger partial charge is 0.270 e. The maximum absolute atomic E-state index is 12.3. The van der Waals surface area contributed by atoms with Crippen molar-refractivity contribution in [2.45, 2.75) is 18.4 Å². The molecule has 1 heterocycles. The number of halogens is 1. The molecule has 0 spiro atoms. The lowest BCUT2D eigenvalue weighted by atomic mass is 9.94. The summed E-state index contributed by atoms with van der Waals surface area (Å²) in [6, 6.07) is 6.96. The van der Waals surface area contributed by atoms with E-state index >= 15 is 0 Å². The highest BCUT2D eigenvalue weighted by Gasteiger charge is 2.47. The molecule has 1 unspecified atom stereocenters. The number of benzene rings is 1. The van der Waals surface area contributed by atoms with Crippen LogP contribution < -0.4 is 5.32 Å². The summed E-state index contributed by atoms with van der Waals surface area (Å²) in [5.74, 6) is -0.200. The molecule has 1 aromatic carbocycles. The summed E-state index contributed by atoms with van der Waals surface area (Å²) in [4.78, 5) is 22.6. The van der Waals surface area contributed by atoms with Gasteiger partial charge >= 0.3 is 0 Å². The predicted molar refractivity (Wildman–Crippen MR) is 85.8 cm³/mol. The molecular weight excluding hydrogens is 336 g/mol. The van der Waals surface area contributed by atoms with Crippen molar-refractivity contribution < 1.29 is 19.2 Å². The van der Waals surface area contributed by atoms with E-state index in [2.05, 4.69) is 5.32 Å². The molecule has 3 rings (SSSR count). The van der Waals surface area contributed by atoms with Gasteiger partial charge in [0.15, 0.2) is 0 Å².